The molecular weight excluding hydrogens is 356 g/mol. The first-order valence-corrected chi connectivity index (χ1v) is 9.09. The van der Waals surface area contributed by atoms with E-state index in [1.807, 2.05) is 6.07 Å². The summed E-state index contributed by atoms with van der Waals surface area (Å²) in [5.74, 6) is 0. The van der Waals surface area contributed by atoms with Gasteiger partial charge in [0, 0.05) is 31.1 Å². The predicted molar refractivity (Wildman–Crippen MR) is 99.5 cm³/mol. The van der Waals surface area contributed by atoms with Crippen LogP contribution in [0.15, 0.2) is 57.7 Å². The number of nitrogens with zero attached hydrogens (tertiary/aromatic N) is 1. The van der Waals surface area contributed by atoms with Gasteiger partial charge in [0.1, 0.15) is 11.1 Å². The van der Waals surface area contributed by atoms with Crippen LogP contribution < -0.4 is 10.3 Å². The highest BCUT2D eigenvalue weighted by molar-refractivity contribution is 7.90. The van der Waals surface area contributed by atoms with E-state index in [1.165, 1.54) is 20.2 Å². The van der Waals surface area contributed by atoms with Crippen molar-refractivity contribution < 1.29 is 17.6 Å². The van der Waals surface area contributed by atoms with Gasteiger partial charge in [-0.1, -0.05) is 30.3 Å². The van der Waals surface area contributed by atoms with Gasteiger partial charge < -0.3 is 4.42 Å². The van der Waals surface area contributed by atoms with Gasteiger partial charge in [0.05, 0.1) is 5.69 Å². The number of hydrogen-bond donors (Lipinski definition) is 1. The van der Waals surface area contributed by atoms with Gasteiger partial charge in [-0.15, -0.1) is 0 Å². The smallest absolute Gasteiger partial charge is 0.347 e. The normalized spacial score (nSPS) is 11.7. The van der Waals surface area contributed by atoms with E-state index in [1.54, 1.807) is 36.4 Å². The van der Waals surface area contributed by atoms with E-state index in [9.17, 15) is 18.0 Å². The lowest BCUT2D eigenvalue weighted by Gasteiger charge is -2.14. The Morgan fingerprint density at radius 1 is 1.08 bits per heavy atom. The van der Waals surface area contributed by atoms with Gasteiger partial charge in [0.25, 0.3) is 0 Å². The van der Waals surface area contributed by atoms with E-state index >= 15 is 0 Å². The molecule has 0 saturated carbocycles. The fraction of sp³-hybridized carbons (Fsp3) is 0.111. The molecule has 0 spiro atoms. The van der Waals surface area contributed by atoms with Crippen molar-refractivity contribution in [3.8, 4) is 11.1 Å². The SMILES string of the molecule is CN(C)S(=O)(=O)Nc1ccc2c(-c3ccccc3)c(C=O)c(=O)oc2c1. The molecule has 0 bridgehead atoms. The molecule has 0 aliphatic rings. The zero-order valence-electron chi connectivity index (χ0n) is 14.1. The Hall–Kier alpha value is -2.97. The van der Waals surface area contributed by atoms with E-state index < -0.39 is 15.8 Å². The maximum Gasteiger partial charge on any atom is 0.347 e. The molecule has 1 aromatic heterocycles. The molecule has 26 heavy (non-hydrogen) atoms. The van der Waals surface area contributed by atoms with Crippen LogP contribution in [0, 0.1) is 0 Å². The van der Waals surface area contributed by atoms with Crippen molar-refractivity contribution in [1.29, 1.82) is 0 Å². The Morgan fingerprint density at radius 3 is 2.38 bits per heavy atom. The number of benzene rings is 2. The first-order chi connectivity index (χ1) is 12.3. The minimum atomic E-state index is -3.70. The van der Waals surface area contributed by atoms with Crippen molar-refractivity contribution >= 4 is 33.2 Å². The quantitative estimate of drug-likeness (QED) is 0.548. The van der Waals surface area contributed by atoms with Gasteiger partial charge in [0.15, 0.2) is 6.29 Å². The van der Waals surface area contributed by atoms with Crippen molar-refractivity contribution in [2.75, 3.05) is 18.8 Å². The van der Waals surface area contributed by atoms with Gasteiger partial charge >= 0.3 is 15.8 Å². The van der Waals surface area contributed by atoms with Crippen molar-refractivity contribution in [1.82, 2.24) is 4.31 Å². The summed E-state index contributed by atoms with van der Waals surface area (Å²) in [6, 6.07) is 13.6. The fourth-order valence-electron chi connectivity index (χ4n) is 2.54. The van der Waals surface area contributed by atoms with Crippen LogP contribution >= 0.6 is 0 Å². The molecule has 0 aliphatic heterocycles. The lowest BCUT2D eigenvalue weighted by atomic mass is 9.97. The van der Waals surface area contributed by atoms with Crippen LogP contribution in [0.1, 0.15) is 10.4 Å². The van der Waals surface area contributed by atoms with Crippen LogP contribution in [0.3, 0.4) is 0 Å². The molecule has 0 fully saturated rings. The summed E-state index contributed by atoms with van der Waals surface area (Å²) in [6.07, 6.45) is 0.469. The van der Waals surface area contributed by atoms with E-state index in [4.69, 9.17) is 4.42 Å². The molecule has 2 aromatic carbocycles. The second-order valence-corrected chi connectivity index (χ2v) is 7.65. The second kappa shape index (κ2) is 6.74. The highest BCUT2D eigenvalue weighted by Gasteiger charge is 2.18. The van der Waals surface area contributed by atoms with Crippen molar-refractivity contribution in [2.45, 2.75) is 0 Å². The lowest BCUT2D eigenvalue weighted by molar-refractivity contribution is 0.112. The Bertz CT molecular complexity index is 1140. The second-order valence-electron chi connectivity index (χ2n) is 5.76. The number of aldehydes is 1. The van der Waals surface area contributed by atoms with Gasteiger partial charge in [-0.2, -0.15) is 12.7 Å². The summed E-state index contributed by atoms with van der Waals surface area (Å²) in [5.41, 5.74) is 0.706. The average Bonchev–Trinajstić information content (AvgIpc) is 2.60. The number of carbonyl (C=O) groups excluding carboxylic acids is 1. The highest BCUT2D eigenvalue weighted by Crippen LogP contribution is 2.31. The number of hydrogen-bond acceptors (Lipinski definition) is 5. The topological polar surface area (TPSA) is 96.7 Å². The van der Waals surface area contributed by atoms with E-state index in [2.05, 4.69) is 4.72 Å². The molecule has 3 aromatic rings. The van der Waals surface area contributed by atoms with Crippen LogP contribution in [0.4, 0.5) is 5.69 Å². The predicted octanol–water partition coefficient (Wildman–Crippen LogP) is 2.49. The standard InChI is InChI=1S/C18H16N2O5S/c1-20(2)26(23,24)19-13-8-9-14-16(10-13)25-18(22)15(11-21)17(14)12-6-4-3-5-7-12/h3-11,19H,1-2H3. The first kappa shape index (κ1) is 17.8. The fourth-order valence-corrected chi connectivity index (χ4v) is 3.15. The van der Waals surface area contributed by atoms with Crippen LogP contribution in [0.2, 0.25) is 0 Å². The molecule has 0 aliphatic carbocycles. The highest BCUT2D eigenvalue weighted by atomic mass is 32.2. The number of rotatable bonds is 5. The maximum atomic E-state index is 12.2. The summed E-state index contributed by atoms with van der Waals surface area (Å²) in [4.78, 5) is 23.7. The Morgan fingerprint density at radius 2 is 1.77 bits per heavy atom. The molecule has 3 rings (SSSR count). The van der Waals surface area contributed by atoms with Crippen LogP contribution in [-0.4, -0.2) is 33.1 Å². The number of nitrogens with one attached hydrogen (secondary N) is 1. The summed E-state index contributed by atoms with van der Waals surface area (Å²) < 4.78 is 32.6. The third-order valence-corrected chi connectivity index (χ3v) is 5.31. The molecule has 134 valence electrons. The van der Waals surface area contributed by atoms with Crippen molar-refractivity contribution in [2.24, 2.45) is 0 Å². The monoisotopic (exact) mass is 372 g/mol. The molecular formula is C18H16N2O5S. The summed E-state index contributed by atoms with van der Waals surface area (Å²) >= 11 is 0. The molecule has 8 heteroatoms. The van der Waals surface area contributed by atoms with Gasteiger partial charge in [-0.25, -0.2) is 4.79 Å². The Labute approximate surface area is 150 Å². The summed E-state index contributed by atoms with van der Waals surface area (Å²) in [6.45, 7) is 0. The molecule has 1 N–H and O–H groups in total. The van der Waals surface area contributed by atoms with Crippen molar-refractivity contribution in [3.05, 3.63) is 64.5 Å². The summed E-state index contributed by atoms with van der Waals surface area (Å²) in [5, 5.41) is 0.533. The maximum absolute atomic E-state index is 12.2. The average molecular weight is 372 g/mol. The minimum Gasteiger partial charge on any atom is -0.422 e. The molecule has 0 radical (unpaired) electrons. The number of fused-ring (bicyclic) bond motifs is 1. The minimum absolute atomic E-state index is 0.0784. The molecule has 0 saturated heterocycles. The largest absolute Gasteiger partial charge is 0.422 e. The zero-order chi connectivity index (χ0) is 18.9. The van der Waals surface area contributed by atoms with Gasteiger partial charge in [-0.3, -0.25) is 9.52 Å². The lowest BCUT2D eigenvalue weighted by Crippen LogP contribution is -2.28. The zero-order valence-corrected chi connectivity index (χ0v) is 14.9. The van der Waals surface area contributed by atoms with E-state index in [0.717, 1.165) is 4.31 Å². The molecule has 0 atom stereocenters. The van der Waals surface area contributed by atoms with E-state index in [-0.39, 0.29) is 16.8 Å². The number of anilines is 1. The third-order valence-electron chi connectivity index (χ3n) is 3.85. The molecule has 0 unspecified atom stereocenters. The Kier molecular flexibility index (Phi) is 4.62. The summed E-state index contributed by atoms with van der Waals surface area (Å²) in [7, 11) is -0.905. The molecule has 0 amide bonds. The van der Waals surface area contributed by atoms with Gasteiger partial charge in [0.2, 0.25) is 0 Å². The van der Waals surface area contributed by atoms with Crippen LogP contribution in [0.5, 0.6) is 0 Å². The number of carbonyl (C=O) groups is 1. The van der Waals surface area contributed by atoms with Crippen LogP contribution in [-0.2, 0) is 10.2 Å². The van der Waals surface area contributed by atoms with Crippen LogP contribution in [0.25, 0.3) is 22.1 Å². The Balaban J connectivity index is 2.24. The molecule has 7 nitrogen and oxygen atoms in total. The van der Waals surface area contributed by atoms with E-state index in [0.29, 0.717) is 22.8 Å². The van der Waals surface area contributed by atoms with Crippen molar-refractivity contribution in [3.63, 3.8) is 0 Å². The molecule has 1 heterocycles. The first-order valence-electron chi connectivity index (χ1n) is 7.65. The van der Waals surface area contributed by atoms with Gasteiger partial charge in [-0.05, 0) is 17.7 Å². The third kappa shape index (κ3) is 3.24.